The second kappa shape index (κ2) is 7.33. The Kier molecular flexibility index (Phi) is 4.97. The molecule has 8 nitrogen and oxygen atoms in total. The van der Waals surface area contributed by atoms with E-state index < -0.39 is 0 Å². The molecule has 0 unspecified atom stereocenters. The summed E-state index contributed by atoms with van der Waals surface area (Å²) in [7, 11) is 0. The first-order valence-corrected chi connectivity index (χ1v) is 8.21. The summed E-state index contributed by atoms with van der Waals surface area (Å²) >= 11 is 0. The van der Waals surface area contributed by atoms with E-state index in [0.29, 0.717) is 24.5 Å². The number of hydrogen-bond donors (Lipinski definition) is 1. The van der Waals surface area contributed by atoms with Gasteiger partial charge < -0.3 is 10.2 Å². The number of amides is 2. The van der Waals surface area contributed by atoms with E-state index in [4.69, 9.17) is 0 Å². The summed E-state index contributed by atoms with van der Waals surface area (Å²) in [5.74, 6) is 0.444. The van der Waals surface area contributed by atoms with Gasteiger partial charge in [-0.3, -0.25) is 9.59 Å². The van der Waals surface area contributed by atoms with Gasteiger partial charge in [0.25, 0.3) is 5.91 Å². The molecule has 1 saturated heterocycles. The van der Waals surface area contributed by atoms with Gasteiger partial charge in [0.1, 0.15) is 5.82 Å². The van der Waals surface area contributed by atoms with Crippen molar-refractivity contribution < 1.29 is 9.59 Å². The fourth-order valence-electron chi connectivity index (χ4n) is 3.03. The molecule has 130 valence electrons. The fraction of sp³-hybridized carbons (Fsp3) is 0.412. The fourth-order valence-corrected chi connectivity index (χ4v) is 3.03. The Morgan fingerprint density at radius 2 is 2.16 bits per heavy atom. The molecule has 1 aliphatic rings. The topological polar surface area (TPSA) is 101 Å². The van der Waals surface area contributed by atoms with Crippen LogP contribution in [0, 0.1) is 6.92 Å². The quantitative estimate of drug-likeness (QED) is 0.897. The Labute approximate surface area is 145 Å². The lowest BCUT2D eigenvalue weighted by atomic mass is 10.1. The van der Waals surface area contributed by atoms with Crippen molar-refractivity contribution in [1.29, 1.82) is 0 Å². The van der Waals surface area contributed by atoms with Crippen LogP contribution in [-0.4, -0.2) is 43.4 Å². The number of carbonyl (C=O) groups is 2. The van der Waals surface area contributed by atoms with Crippen LogP contribution in [0.2, 0.25) is 0 Å². The predicted molar refractivity (Wildman–Crippen MR) is 89.3 cm³/mol. The number of nitrogens with zero attached hydrogens (tertiary/aromatic N) is 5. The highest BCUT2D eigenvalue weighted by Crippen LogP contribution is 2.33. The molecule has 3 heterocycles. The molecule has 2 amide bonds. The third kappa shape index (κ3) is 3.78. The molecule has 3 rings (SSSR count). The lowest BCUT2D eigenvalue weighted by Crippen LogP contribution is -2.32. The van der Waals surface area contributed by atoms with Crippen LogP contribution in [-0.2, 0) is 11.3 Å². The average molecular weight is 340 g/mol. The maximum absolute atomic E-state index is 12.8. The van der Waals surface area contributed by atoms with Crippen molar-refractivity contribution in [2.75, 3.05) is 6.54 Å². The monoisotopic (exact) mass is 340 g/mol. The van der Waals surface area contributed by atoms with E-state index in [9.17, 15) is 9.59 Å². The van der Waals surface area contributed by atoms with Crippen molar-refractivity contribution in [3.05, 3.63) is 47.3 Å². The van der Waals surface area contributed by atoms with Crippen molar-refractivity contribution in [3.8, 4) is 0 Å². The zero-order valence-corrected chi connectivity index (χ0v) is 14.3. The van der Waals surface area contributed by atoms with Gasteiger partial charge in [0, 0.05) is 31.8 Å². The molecule has 0 spiro atoms. The first-order valence-electron chi connectivity index (χ1n) is 8.21. The molecule has 25 heavy (non-hydrogen) atoms. The molecule has 1 N–H and O–H groups in total. The Hall–Kier alpha value is -2.90. The minimum absolute atomic E-state index is 0.0841. The van der Waals surface area contributed by atoms with E-state index in [1.807, 2.05) is 11.8 Å². The van der Waals surface area contributed by atoms with Crippen molar-refractivity contribution in [3.63, 3.8) is 0 Å². The molecule has 1 fully saturated rings. The van der Waals surface area contributed by atoms with Crippen LogP contribution < -0.4 is 5.32 Å². The highest BCUT2D eigenvalue weighted by atomic mass is 16.2. The minimum atomic E-state index is -0.133. The zero-order valence-electron chi connectivity index (χ0n) is 14.3. The molecule has 1 atom stereocenters. The second-order valence-corrected chi connectivity index (χ2v) is 6.03. The van der Waals surface area contributed by atoms with Crippen LogP contribution >= 0.6 is 0 Å². The lowest BCUT2D eigenvalue weighted by Gasteiger charge is -2.26. The van der Waals surface area contributed by atoms with E-state index in [1.165, 1.54) is 19.3 Å². The van der Waals surface area contributed by atoms with Crippen molar-refractivity contribution in [1.82, 2.24) is 30.4 Å². The summed E-state index contributed by atoms with van der Waals surface area (Å²) in [5, 5.41) is 10.3. The summed E-state index contributed by atoms with van der Waals surface area (Å²) in [6, 6.07) is 1.53. The Balaban J connectivity index is 1.90. The molecular weight excluding hydrogens is 320 g/mol. The van der Waals surface area contributed by atoms with Gasteiger partial charge in [-0.2, -0.15) is 10.2 Å². The molecule has 0 aromatic carbocycles. The van der Waals surface area contributed by atoms with E-state index in [1.54, 1.807) is 12.3 Å². The molecule has 0 saturated carbocycles. The summed E-state index contributed by atoms with van der Waals surface area (Å²) in [5.41, 5.74) is 2.14. The number of aryl methyl sites for hydroxylation is 1. The molecule has 0 radical (unpaired) electrons. The minimum Gasteiger partial charge on any atom is -0.352 e. The predicted octanol–water partition coefficient (Wildman–Crippen LogP) is 1.19. The van der Waals surface area contributed by atoms with Gasteiger partial charge in [-0.05, 0) is 25.8 Å². The Morgan fingerprint density at radius 1 is 1.32 bits per heavy atom. The van der Waals surface area contributed by atoms with Crippen LogP contribution in [0.15, 0.2) is 24.7 Å². The van der Waals surface area contributed by atoms with Crippen LogP contribution in [0.25, 0.3) is 0 Å². The SMILES string of the molecule is CC(=O)NCc1cnc(C)nc1[C@H]1CCCN1C(=O)c1ccnnc1. The smallest absolute Gasteiger partial charge is 0.256 e. The van der Waals surface area contributed by atoms with Crippen LogP contribution in [0.3, 0.4) is 0 Å². The summed E-state index contributed by atoms with van der Waals surface area (Å²) in [6.45, 7) is 4.30. The van der Waals surface area contributed by atoms with Gasteiger partial charge in [-0.15, -0.1) is 0 Å². The van der Waals surface area contributed by atoms with Crippen molar-refractivity contribution >= 4 is 11.8 Å². The molecule has 0 aliphatic carbocycles. The normalized spacial score (nSPS) is 16.7. The first-order chi connectivity index (χ1) is 12.1. The van der Waals surface area contributed by atoms with Crippen molar-refractivity contribution in [2.24, 2.45) is 0 Å². The van der Waals surface area contributed by atoms with Crippen LogP contribution in [0.4, 0.5) is 0 Å². The molecule has 8 heteroatoms. The van der Waals surface area contributed by atoms with E-state index in [0.717, 1.165) is 24.1 Å². The molecule has 2 aromatic heterocycles. The maximum Gasteiger partial charge on any atom is 0.256 e. The first kappa shape index (κ1) is 16.9. The molecule has 1 aliphatic heterocycles. The van der Waals surface area contributed by atoms with Crippen LogP contribution in [0.5, 0.6) is 0 Å². The highest BCUT2D eigenvalue weighted by molar-refractivity contribution is 5.94. The van der Waals surface area contributed by atoms with Gasteiger partial charge in [-0.25, -0.2) is 9.97 Å². The van der Waals surface area contributed by atoms with E-state index in [2.05, 4.69) is 25.5 Å². The van der Waals surface area contributed by atoms with Gasteiger partial charge >= 0.3 is 0 Å². The van der Waals surface area contributed by atoms with E-state index >= 15 is 0 Å². The Morgan fingerprint density at radius 3 is 2.88 bits per heavy atom. The van der Waals surface area contributed by atoms with Gasteiger partial charge in [-0.1, -0.05) is 0 Å². The van der Waals surface area contributed by atoms with Gasteiger partial charge in [0.2, 0.25) is 5.91 Å². The average Bonchev–Trinajstić information content (AvgIpc) is 3.10. The third-order valence-electron chi connectivity index (χ3n) is 4.21. The number of carbonyl (C=O) groups excluding carboxylic acids is 2. The zero-order chi connectivity index (χ0) is 17.8. The summed E-state index contributed by atoms with van der Waals surface area (Å²) in [4.78, 5) is 34.7. The summed E-state index contributed by atoms with van der Waals surface area (Å²) < 4.78 is 0. The Bertz CT molecular complexity index is 780. The number of aromatic nitrogens is 4. The van der Waals surface area contributed by atoms with Crippen molar-refractivity contribution in [2.45, 2.75) is 39.3 Å². The summed E-state index contributed by atoms with van der Waals surface area (Å²) in [6.07, 6.45) is 6.43. The number of likely N-dealkylation sites (tertiary alicyclic amines) is 1. The maximum atomic E-state index is 12.8. The number of hydrogen-bond acceptors (Lipinski definition) is 6. The number of nitrogens with one attached hydrogen (secondary N) is 1. The van der Waals surface area contributed by atoms with Crippen LogP contribution in [0.1, 0.15) is 53.2 Å². The standard InChI is InChI=1S/C17H20N6O2/c1-11-18-8-14(9-19-12(2)24)16(22-11)15-4-3-7-23(15)17(25)13-5-6-20-21-10-13/h5-6,8,10,15H,3-4,7,9H2,1-2H3,(H,19,24)/t15-/m1/s1. The lowest BCUT2D eigenvalue weighted by molar-refractivity contribution is -0.119. The largest absolute Gasteiger partial charge is 0.352 e. The second-order valence-electron chi connectivity index (χ2n) is 6.03. The van der Waals surface area contributed by atoms with E-state index in [-0.39, 0.29) is 17.9 Å². The highest BCUT2D eigenvalue weighted by Gasteiger charge is 2.33. The van der Waals surface area contributed by atoms with Gasteiger partial charge in [0.15, 0.2) is 0 Å². The van der Waals surface area contributed by atoms with Gasteiger partial charge in [0.05, 0.1) is 29.7 Å². The number of rotatable bonds is 4. The molecule has 0 bridgehead atoms. The third-order valence-corrected chi connectivity index (χ3v) is 4.21. The molecular formula is C17H20N6O2. The molecule has 2 aromatic rings.